The van der Waals surface area contributed by atoms with E-state index in [-0.39, 0.29) is 23.4 Å². The van der Waals surface area contributed by atoms with Crippen LogP contribution in [0.1, 0.15) is 33.1 Å². The van der Waals surface area contributed by atoms with Crippen LogP contribution in [0.25, 0.3) is 0 Å². The van der Waals surface area contributed by atoms with Gasteiger partial charge in [-0.1, -0.05) is 13.8 Å². The third-order valence-corrected chi connectivity index (χ3v) is 4.84. The molecule has 0 spiro atoms. The predicted octanol–water partition coefficient (Wildman–Crippen LogP) is 3.91. The molecule has 4 heteroatoms. The van der Waals surface area contributed by atoms with Crippen LogP contribution in [-0.4, -0.2) is 17.3 Å². The third kappa shape index (κ3) is 2.16. The van der Waals surface area contributed by atoms with Crippen LogP contribution in [0.4, 0.5) is 4.39 Å². The number of aliphatic hydroxyl groups excluding tert-OH is 1. The van der Waals surface area contributed by atoms with Crippen LogP contribution in [0.5, 0.6) is 5.75 Å². The van der Waals surface area contributed by atoms with Crippen LogP contribution in [-0.2, 0) is 0 Å². The van der Waals surface area contributed by atoms with Gasteiger partial charge in [0.05, 0.1) is 10.6 Å². The molecule has 1 aromatic rings. The fraction of sp³-hybridized carbons (Fsp3) is 0.571. The van der Waals surface area contributed by atoms with Crippen molar-refractivity contribution in [2.75, 3.05) is 0 Å². The Hall–Kier alpha value is -0.610. The summed E-state index contributed by atoms with van der Waals surface area (Å²) in [5.74, 6) is 0.347. The van der Waals surface area contributed by atoms with Crippen molar-refractivity contribution in [3.05, 3.63) is 28.5 Å². The van der Waals surface area contributed by atoms with Gasteiger partial charge in [-0.05, 0) is 47.0 Å². The van der Waals surface area contributed by atoms with Gasteiger partial charge in [-0.25, -0.2) is 4.39 Å². The molecule has 1 aliphatic carbocycles. The largest absolute Gasteiger partial charge is 0.488 e. The molecule has 2 rings (SSSR count). The minimum absolute atomic E-state index is 0.00395. The van der Waals surface area contributed by atoms with Crippen LogP contribution in [0, 0.1) is 11.2 Å². The summed E-state index contributed by atoms with van der Waals surface area (Å²) in [4.78, 5) is 0. The van der Waals surface area contributed by atoms with Crippen LogP contribution >= 0.6 is 15.9 Å². The van der Waals surface area contributed by atoms with Crippen LogP contribution < -0.4 is 4.74 Å². The van der Waals surface area contributed by atoms with Crippen molar-refractivity contribution >= 4 is 15.9 Å². The van der Waals surface area contributed by atoms with E-state index in [9.17, 15) is 9.50 Å². The molecule has 0 saturated heterocycles. The van der Waals surface area contributed by atoms with Crippen molar-refractivity contribution in [2.24, 2.45) is 5.41 Å². The molecule has 0 radical (unpaired) electrons. The molecule has 2 unspecified atom stereocenters. The Bertz CT molecular complexity index is 432. The minimum atomic E-state index is -0.295. The molecule has 1 aliphatic rings. The van der Waals surface area contributed by atoms with Crippen molar-refractivity contribution in [3.8, 4) is 5.75 Å². The Morgan fingerprint density at radius 2 is 2.11 bits per heavy atom. The molecule has 2 atom stereocenters. The third-order valence-electron chi connectivity index (χ3n) is 4.22. The Morgan fingerprint density at radius 3 is 2.61 bits per heavy atom. The number of ether oxygens (including phenoxy) is 1. The summed E-state index contributed by atoms with van der Waals surface area (Å²) in [6.07, 6.45) is 2.12. The van der Waals surface area contributed by atoms with Gasteiger partial charge in [0, 0.05) is 11.8 Å². The summed E-state index contributed by atoms with van der Waals surface area (Å²) < 4.78 is 19.5. The summed E-state index contributed by atoms with van der Waals surface area (Å²) in [7, 11) is 0. The molecule has 0 aliphatic heterocycles. The van der Waals surface area contributed by atoms with E-state index in [1.807, 2.05) is 0 Å². The molecule has 0 amide bonds. The van der Waals surface area contributed by atoms with Crippen molar-refractivity contribution in [1.82, 2.24) is 0 Å². The van der Waals surface area contributed by atoms with Gasteiger partial charge in [-0.3, -0.25) is 0 Å². The van der Waals surface area contributed by atoms with Crippen molar-refractivity contribution < 1.29 is 14.2 Å². The SMILES string of the molecule is CCC1(CC)C(O)CC1Oc1ccc(F)cc1Br. The van der Waals surface area contributed by atoms with E-state index in [1.165, 1.54) is 12.1 Å². The van der Waals surface area contributed by atoms with Crippen LogP contribution in [0.3, 0.4) is 0 Å². The molecule has 18 heavy (non-hydrogen) atoms. The van der Waals surface area contributed by atoms with E-state index < -0.39 is 0 Å². The maximum Gasteiger partial charge on any atom is 0.134 e. The lowest BCUT2D eigenvalue weighted by molar-refractivity contribution is -0.159. The van der Waals surface area contributed by atoms with E-state index in [0.717, 1.165) is 12.8 Å². The van der Waals surface area contributed by atoms with Crippen LogP contribution in [0.2, 0.25) is 0 Å². The van der Waals surface area contributed by atoms with Gasteiger partial charge in [0.1, 0.15) is 17.7 Å². The van der Waals surface area contributed by atoms with Gasteiger partial charge in [0.2, 0.25) is 0 Å². The Labute approximate surface area is 115 Å². The van der Waals surface area contributed by atoms with E-state index in [2.05, 4.69) is 29.8 Å². The standard InChI is InChI=1S/C14H18BrFO2/c1-3-14(4-2)12(17)8-13(14)18-11-6-5-9(16)7-10(11)15/h5-7,12-13,17H,3-4,8H2,1-2H3. The maximum atomic E-state index is 13.0. The second-order valence-corrected chi connectivity index (χ2v) is 5.73. The lowest BCUT2D eigenvalue weighted by atomic mass is 9.60. The van der Waals surface area contributed by atoms with E-state index in [4.69, 9.17) is 4.74 Å². The zero-order valence-corrected chi connectivity index (χ0v) is 12.2. The second-order valence-electron chi connectivity index (χ2n) is 4.87. The first-order valence-corrected chi connectivity index (χ1v) is 7.12. The lowest BCUT2D eigenvalue weighted by Crippen LogP contribution is -2.59. The average molecular weight is 317 g/mol. The van der Waals surface area contributed by atoms with Gasteiger partial charge in [-0.2, -0.15) is 0 Å². The molecule has 2 nitrogen and oxygen atoms in total. The molecular weight excluding hydrogens is 299 g/mol. The molecule has 1 saturated carbocycles. The molecule has 1 fully saturated rings. The highest BCUT2D eigenvalue weighted by Crippen LogP contribution is 2.49. The number of hydrogen-bond donors (Lipinski definition) is 1. The first kappa shape index (κ1) is 13.8. The van der Waals surface area contributed by atoms with Gasteiger partial charge in [0.25, 0.3) is 0 Å². The highest BCUT2D eigenvalue weighted by molar-refractivity contribution is 9.10. The Morgan fingerprint density at radius 1 is 1.44 bits per heavy atom. The molecule has 1 N–H and O–H groups in total. The Kier molecular flexibility index (Phi) is 3.97. The zero-order valence-electron chi connectivity index (χ0n) is 10.6. The maximum absolute atomic E-state index is 13.0. The molecule has 0 bridgehead atoms. The minimum Gasteiger partial charge on any atom is -0.488 e. The lowest BCUT2D eigenvalue weighted by Gasteiger charge is -2.52. The number of aliphatic hydroxyl groups is 1. The Balaban J connectivity index is 2.15. The van der Waals surface area contributed by atoms with E-state index in [1.54, 1.807) is 6.07 Å². The second kappa shape index (κ2) is 5.17. The molecule has 1 aromatic carbocycles. The monoisotopic (exact) mass is 316 g/mol. The summed E-state index contributed by atoms with van der Waals surface area (Å²) in [6, 6.07) is 4.40. The summed E-state index contributed by atoms with van der Waals surface area (Å²) in [6.45, 7) is 4.14. The molecule has 100 valence electrons. The molecular formula is C14H18BrFO2. The van der Waals surface area contributed by atoms with Crippen LogP contribution in [0.15, 0.2) is 22.7 Å². The zero-order chi connectivity index (χ0) is 13.3. The first-order valence-electron chi connectivity index (χ1n) is 6.33. The fourth-order valence-electron chi connectivity index (χ4n) is 2.79. The van der Waals surface area contributed by atoms with Gasteiger partial charge in [-0.15, -0.1) is 0 Å². The van der Waals surface area contributed by atoms with Crippen molar-refractivity contribution in [2.45, 2.75) is 45.3 Å². The number of benzene rings is 1. The smallest absolute Gasteiger partial charge is 0.134 e. The number of rotatable bonds is 4. The number of halogens is 2. The van der Waals surface area contributed by atoms with Gasteiger partial charge >= 0.3 is 0 Å². The van der Waals surface area contributed by atoms with Crippen molar-refractivity contribution in [1.29, 1.82) is 0 Å². The van der Waals surface area contributed by atoms with E-state index in [0.29, 0.717) is 16.6 Å². The first-order chi connectivity index (χ1) is 8.53. The fourth-order valence-corrected chi connectivity index (χ4v) is 3.24. The van der Waals surface area contributed by atoms with Gasteiger partial charge in [0.15, 0.2) is 0 Å². The highest BCUT2D eigenvalue weighted by Gasteiger charge is 2.53. The average Bonchev–Trinajstić information content (AvgIpc) is 2.33. The topological polar surface area (TPSA) is 29.5 Å². The van der Waals surface area contributed by atoms with Gasteiger partial charge < -0.3 is 9.84 Å². The normalized spacial score (nSPS) is 25.6. The van der Waals surface area contributed by atoms with Crippen molar-refractivity contribution in [3.63, 3.8) is 0 Å². The molecule has 0 aromatic heterocycles. The molecule has 0 heterocycles. The predicted molar refractivity (Wildman–Crippen MR) is 72.2 cm³/mol. The quantitative estimate of drug-likeness (QED) is 0.912. The number of hydrogen-bond acceptors (Lipinski definition) is 2. The summed E-state index contributed by atoms with van der Waals surface area (Å²) in [5, 5.41) is 9.97. The highest BCUT2D eigenvalue weighted by atomic mass is 79.9. The summed E-state index contributed by atoms with van der Waals surface area (Å²) in [5.41, 5.74) is -0.159. The van der Waals surface area contributed by atoms with E-state index >= 15 is 0 Å². The summed E-state index contributed by atoms with van der Waals surface area (Å²) >= 11 is 3.30.